The molecule has 4 rings (SSSR count). The molecule has 0 unspecified atom stereocenters. The summed E-state index contributed by atoms with van der Waals surface area (Å²) in [5.74, 6) is 0. The topological polar surface area (TPSA) is 0 Å². The van der Waals surface area contributed by atoms with Crippen LogP contribution in [0.4, 0.5) is 0 Å². The Bertz CT molecular complexity index is 1020. The van der Waals surface area contributed by atoms with Gasteiger partial charge < -0.3 is 24.8 Å². The van der Waals surface area contributed by atoms with Crippen LogP contribution in [0.5, 0.6) is 0 Å². The normalized spacial score (nSPS) is 10.1. The SMILES string of the molecule is Cc1cc2c(C)c(C)c(C)c(C)c2[cH-]1.Cc1cc2c(C)c(C)c(C)c(C)c2[cH-]1.[Cl-].[Cl-].[Zr+4]. The van der Waals surface area contributed by atoms with Crippen molar-refractivity contribution in [3.05, 3.63) is 79.9 Å². The number of hydrogen-bond acceptors (Lipinski definition) is 0. The van der Waals surface area contributed by atoms with Crippen molar-refractivity contribution in [1.29, 1.82) is 0 Å². The minimum Gasteiger partial charge on any atom is -1.00 e. The van der Waals surface area contributed by atoms with E-state index in [-0.39, 0.29) is 51.0 Å². The Hall–Kier alpha value is -0.877. The van der Waals surface area contributed by atoms with E-state index in [1.807, 2.05) is 0 Å². The second-order valence-corrected chi connectivity index (χ2v) is 8.72. The van der Waals surface area contributed by atoms with Gasteiger partial charge in [0.05, 0.1) is 0 Å². The second kappa shape index (κ2) is 11.3. The van der Waals surface area contributed by atoms with Gasteiger partial charge in [0.1, 0.15) is 0 Å². The van der Waals surface area contributed by atoms with E-state index in [2.05, 4.69) is 93.5 Å². The van der Waals surface area contributed by atoms with E-state index in [0.29, 0.717) is 0 Å². The van der Waals surface area contributed by atoms with Crippen LogP contribution in [-0.2, 0) is 26.2 Å². The van der Waals surface area contributed by atoms with Crippen LogP contribution in [0.1, 0.15) is 55.6 Å². The molecule has 4 aromatic rings. The molecule has 164 valence electrons. The van der Waals surface area contributed by atoms with Crippen molar-refractivity contribution in [2.45, 2.75) is 69.2 Å². The van der Waals surface area contributed by atoms with Crippen molar-refractivity contribution in [2.75, 3.05) is 0 Å². The molecule has 0 amide bonds. The third kappa shape index (κ3) is 5.38. The summed E-state index contributed by atoms with van der Waals surface area (Å²) in [7, 11) is 0. The molecule has 0 N–H and O–H groups in total. The molecule has 0 bridgehead atoms. The fourth-order valence-electron chi connectivity index (χ4n) is 4.48. The van der Waals surface area contributed by atoms with E-state index in [1.165, 1.54) is 77.2 Å². The summed E-state index contributed by atoms with van der Waals surface area (Å²) in [6, 6.07) is 9.18. The summed E-state index contributed by atoms with van der Waals surface area (Å²) in [5.41, 5.74) is 14.3. The largest absolute Gasteiger partial charge is 4.00 e. The molecule has 0 aliphatic heterocycles. The molecule has 0 saturated heterocycles. The first kappa shape index (κ1) is 30.1. The minimum absolute atomic E-state index is 0. The molecule has 0 aliphatic rings. The zero-order chi connectivity index (χ0) is 20.9. The van der Waals surface area contributed by atoms with Crippen LogP contribution in [0, 0.1) is 69.2 Å². The Labute approximate surface area is 220 Å². The maximum Gasteiger partial charge on any atom is 4.00 e. The molecular formula is C28H34Cl2Zr. The monoisotopic (exact) mass is 530 g/mol. The van der Waals surface area contributed by atoms with Gasteiger partial charge in [-0.1, -0.05) is 61.1 Å². The standard InChI is InChI=1S/2C14H17.2ClH.Zr/c2*1-8-6-13-11(4)9(2)10(3)12(5)14(13)7-8;;;/h2*6-7H,1-5H3;2*1H;/q2*-1;;;+4/p-2. The smallest absolute Gasteiger partial charge is 1.00 e. The Morgan fingerprint density at radius 1 is 0.419 bits per heavy atom. The summed E-state index contributed by atoms with van der Waals surface area (Å²) in [4.78, 5) is 0. The van der Waals surface area contributed by atoms with Crippen molar-refractivity contribution in [3.63, 3.8) is 0 Å². The third-order valence-corrected chi connectivity index (χ3v) is 7.06. The van der Waals surface area contributed by atoms with E-state index in [9.17, 15) is 0 Å². The first-order valence-electron chi connectivity index (χ1n) is 10.3. The van der Waals surface area contributed by atoms with Gasteiger partial charge in [-0.2, -0.15) is 12.1 Å². The maximum absolute atomic E-state index is 2.30. The molecule has 0 fully saturated rings. The van der Waals surface area contributed by atoms with Crippen molar-refractivity contribution >= 4 is 21.5 Å². The summed E-state index contributed by atoms with van der Waals surface area (Å²) >= 11 is 0. The summed E-state index contributed by atoms with van der Waals surface area (Å²) in [6.45, 7) is 22.1. The predicted octanol–water partition coefficient (Wildman–Crippen LogP) is 2.21. The van der Waals surface area contributed by atoms with E-state index in [4.69, 9.17) is 0 Å². The fraction of sp³-hybridized carbons (Fsp3) is 0.357. The number of rotatable bonds is 0. The molecule has 0 atom stereocenters. The Balaban J connectivity index is 0.000000529. The average molecular weight is 533 g/mol. The van der Waals surface area contributed by atoms with Crippen LogP contribution in [0.3, 0.4) is 0 Å². The van der Waals surface area contributed by atoms with Gasteiger partial charge in [-0.3, -0.25) is 0 Å². The van der Waals surface area contributed by atoms with Crippen LogP contribution in [0.15, 0.2) is 24.3 Å². The predicted molar refractivity (Wildman–Crippen MR) is 126 cm³/mol. The first-order chi connectivity index (χ1) is 13.0. The van der Waals surface area contributed by atoms with Crippen molar-refractivity contribution in [3.8, 4) is 0 Å². The number of fused-ring (bicyclic) bond motifs is 2. The van der Waals surface area contributed by atoms with E-state index in [0.717, 1.165) is 0 Å². The number of benzene rings is 2. The maximum atomic E-state index is 2.30. The summed E-state index contributed by atoms with van der Waals surface area (Å²) < 4.78 is 0. The second-order valence-electron chi connectivity index (χ2n) is 8.72. The average Bonchev–Trinajstić information content (AvgIpc) is 3.25. The Morgan fingerprint density at radius 2 is 0.677 bits per heavy atom. The van der Waals surface area contributed by atoms with Crippen molar-refractivity contribution < 1.29 is 51.0 Å². The molecule has 0 saturated carbocycles. The third-order valence-electron chi connectivity index (χ3n) is 7.06. The molecule has 0 heterocycles. The molecule has 0 spiro atoms. The molecule has 0 radical (unpaired) electrons. The van der Waals surface area contributed by atoms with Crippen LogP contribution in [0.25, 0.3) is 21.5 Å². The molecule has 0 nitrogen and oxygen atoms in total. The number of halogens is 2. The van der Waals surface area contributed by atoms with Gasteiger partial charge in [0, 0.05) is 0 Å². The van der Waals surface area contributed by atoms with Crippen LogP contribution in [0.2, 0.25) is 0 Å². The van der Waals surface area contributed by atoms with Crippen molar-refractivity contribution in [1.82, 2.24) is 0 Å². The van der Waals surface area contributed by atoms with Crippen LogP contribution < -0.4 is 24.8 Å². The van der Waals surface area contributed by atoms with Gasteiger partial charge in [-0.25, -0.2) is 0 Å². The van der Waals surface area contributed by atoms with E-state index >= 15 is 0 Å². The minimum atomic E-state index is 0. The zero-order valence-corrected chi connectivity index (χ0v) is 24.5. The Morgan fingerprint density at radius 3 is 0.968 bits per heavy atom. The zero-order valence-electron chi connectivity index (χ0n) is 20.6. The van der Waals surface area contributed by atoms with Gasteiger partial charge in [-0.05, 0) is 41.5 Å². The molecule has 0 aliphatic carbocycles. The van der Waals surface area contributed by atoms with E-state index in [1.54, 1.807) is 0 Å². The number of aryl methyl sites for hydroxylation is 6. The number of hydrogen-bond donors (Lipinski definition) is 0. The fourth-order valence-corrected chi connectivity index (χ4v) is 4.48. The molecule has 3 heteroatoms. The van der Waals surface area contributed by atoms with Gasteiger partial charge >= 0.3 is 26.2 Å². The van der Waals surface area contributed by atoms with Crippen LogP contribution in [-0.4, -0.2) is 0 Å². The molecular weight excluding hydrogens is 498 g/mol. The quantitative estimate of drug-likeness (QED) is 0.305. The van der Waals surface area contributed by atoms with Gasteiger partial charge in [0.25, 0.3) is 0 Å². The molecule has 4 aromatic carbocycles. The Kier molecular flexibility index (Phi) is 11.0. The molecule has 31 heavy (non-hydrogen) atoms. The van der Waals surface area contributed by atoms with Gasteiger partial charge in [0.15, 0.2) is 0 Å². The summed E-state index contributed by atoms with van der Waals surface area (Å²) in [5, 5.41) is 5.73. The van der Waals surface area contributed by atoms with Gasteiger partial charge in [0.2, 0.25) is 0 Å². The van der Waals surface area contributed by atoms with Crippen molar-refractivity contribution in [2.24, 2.45) is 0 Å². The molecule has 0 aromatic heterocycles. The summed E-state index contributed by atoms with van der Waals surface area (Å²) in [6.07, 6.45) is 0. The van der Waals surface area contributed by atoms with Gasteiger partial charge in [-0.15, -0.1) is 55.9 Å². The first-order valence-corrected chi connectivity index (χ1v) is 10.3. The van der Waals surface area contributed by atoms with Crippen LogP contribution >= 0.6 is 0 Å². The van der Waals surface area contributed by atoms with E-state index < -0.39 is 0 Å².